The Morgan fingerprint density at radius 2 is 1.65 bits per heavy atom. The van der Waals surface area contributed by atoms with E-state index in [1.807, 2.05) is 24.3 Å². The number of carbonyl (C=O) groups is 3. The molecule has 5 aliphatic rings. The molecule has 9 rings (SSSR count). The first-order chi connectivity index (χ1) is 27.3. The molecule has 288 valence electrons. The highest BCUT2D eigenvalue weighted by Crippen LogP contribution is 2.65. The van der Waals surface area contributed by atoms with Crippen molar-refractivity contribution < 1.29 is 23.8 Å². The Morgan fingerprint density at radius 3 is 2.35 bits per heavy atom. The van der Waals surface area contributed by atoms with Crippen molar-refractivity contribution in [2.45, 2.75) is 69.9 Å². The number of anilines is 1. The van der Waals surface area contributed by atoms with Crippen LogP contribution in [-0.2, 0) is 25.6 Å². The summed E-state index contributed by atoms with van der Waals surface area (Å²) in [5.41, 5.74) is 15.8. The summed E-state index contributed by atoms with van der Waals surface area (Å²) in [5, 5.41) is 13.3. The molecule has 2 aliphatic heterocycles. The molecule has 1 saturated carbocycles. The van der Waals surface area contributed by atoms with Gasteiger partial charge in [-0.25, -0.2) is 9.37 Å². The Hall–Kier alpha value is -5.74. The first-order valence-corrected chi connectivity index (χ1v) is 22.5. The third-order valence-electron chi connectivity index (χ3n) is 13.2. The summed E-state index contributed by atoms with van der Waals surface area (Å²) < 4.78 is 2.23. The van der Waals surface area contributed by atoms with E-state index in [0.717, 1.165) is 35.4 Å². The molecule has 10 heteroatoms. The zero-order chi connectivity index (χ0) is 39.9. The van der Waals surface area contributed by atoms with Crippen LogP contribution in [0.5, 0.6) is 0 Å². The average Bonchev–Trinajstić information content (AvgIpc) is 3.90. The highest BCUT2D eigenvalue weighted by atomic mass is 28.3. The van der Waals surface area contributed by atoms with Crippen molar-refractivity contribution in [3.05, 3.63) is 135 Å². The SMILES string of the molecule is Cc1ccccc1C1=C2C=CC(=[N+](C)C)C=C2[Si](C)([C@H]2CC3CC2c2c(-c4ccc(CC(=O)ON5C(=O)CCC5=O)cc4)nnc(C)c23)c2cc(N(C)C)ccc21. The molecule has 3 aromatic carbocycles. The van der Waals surface area contributed by atoms with E-state index >= 15 is 0 Å². The highest BCUT2D eigenvalue weighted by molar-refractivity contribution is 7.00. The van der Waals surface area contributed by atoms with Gasteiger partial charge >= 0.3 is 5.97 Å². The predicted octanol–water partition coefficient (Wildman–Crippen LogP) is 6.87. The lowest BCUT2D eigenvalue weighted by Gasteiger charge is -2.47. The molecular weight excluding hydrogens is 727 g/mol. The molecule has 57 heavy (non-hydrogen) atoms. The smallest absolute Gasteiger partial charge is 0.337 e. The van der Waals surface area contributed by atoms with Gasteiger partial charge < -0.3 is 9.74 Å². The van der Waals surface area contributed by atoms with E-state index in [1.165, 1.54) is 60.7 Å². The van der Waals surface area contributed by atoms with Crippen molar-refractivity contribution >= 4 is 48.0 Å². The first-order valence-electron chi connectivity index (χ1n) is 20.0. The maximum absolute atomic E-state index is 12.7. The summed E-state index contributed by atoms with van der Waals surface area (Å²) in [5.74, 6) is -0.904. The van der Waals surface area contributed by atoms with Crippen molar-refractivity contribution in [1.29, 1.82) is 0 Å². The van der Waals surface area contributed by atoms with Gasteiger partial charge in [0, 0.05) is 50.3 Å². The Balaban J connectivity index is 1.15. The number of hydroxylamine groups is 2. The molecule has 3 unspecified atom stereocenters. The third kappa shape index (κ3) is 5.87. The van der Waals surface area contributed by atoms with Crippen LogP contribution >= 0.6 is 0 Å². The Morgan fingerprint density at radius 1 is 0.912 bits per heavy atom. The van der Waals surface area contributed by atoms with Crippen LogP contribution in [0.3, 0.4) is 0 Å². The van der Waals surface area contributed by atoms with Crippen molar-refractivity contribution in [2.75, 3.05) is 33.1 Å². The fraction of sp³-hybridized carbons (Fsp3) is 0.319. The van der Waals surface area contributed by atoms with Crippen molar-refractivity contribution in [3.8, 4) is 11.3 Å². The van der Waals surface area contributed by atoms with Crippen LogP contribution in [0, 0.1) is 13.8 Å². The Labute approximate surface area is 335 Å². The monoisotopic (exact) mass is 774 g/mol. The van der Waals surface area contributed by atoms with Crippen molar-refractivity contribution in [2.24, 2.45) is 0 Å². The van der Waals surface area contributed by atoms with Crippen LogP contribution < -0.4 is 10.1 Å². The second-order valence-corrected chi connectivity index (χ2v) is 21.1. The van der Waals surface area contributed by atoms with Crippen LogP contribution in [0.15, 0.2) is 95.7 Å². The summed E-state index contributed by atoms with van der Waals surface area (Å²) in [6.45, 7) is 6.97. The molecule has 0 N–H and O–H groups in total. The number of allylic oxidation sites excluding steroid dienone is 5. The molecule has 2 fully saturated rings. The van der Waals surface area contributed by atoms with Gasteiger partial charge in [0.25, 0.3) is 11.8 Å². The van der Waals surface area contributed by atoms with Crippen molar-refractivity contribution in [1.82, 2.24) is 15.3 Å². The summed E-state index contributed by atoms with van der Waals surface area (Å²) in [6, 6.07) is 23.8. The Bertz CT molecular complexity index is 2530. The van der Waals surface area contributed by atoms with Crippen LogP contribution in [-0.4, -0.2) is 79.6 Å². The van der Waals surface area contributed by atoms with E-state index in [4.69, 9.17) is 15.0 Å². The quantitative estimate of drug-likeness (QED) is 0.115. The molecule has 4 atom stereocenters. The molecule has 4 aromatic rings. The molecule has 0 radical (unpaired) electrons. The number of imide groups is 1. The van der Waals surface area contributed by atoms with E-state index in [2.05, 4.69) is 119 Å². The zero-order valence-corrected chi connectivity index (χ0v) is 34.7. The summed E-state index contributed by atoms with van der Waals surface area (Å²) in [4.78, 5) is 44.1. The zero-order valence-electron chi connectivity index (χ0n) is 33.7. The highest BCUT2D eigenvalue weighted by Gasteiger charge is 2.58. The average molecular weight is 775 g/mol. The van der Waals surface area contributed by atoms with Crippen LogP contribution in [0.1, 0.15) is 76.6 Å². The minimum Gasteiger partial charge on any atom is -0.378 e. The maximum Gasteiger partial charge on any atom is 0.337 e. The normalized spacial score (nSPS) is 23.1. The number of benzene rings is 3. The molecule has 3 heterocycles. The Kier molecular flexibility index (Phi) is 8.88. The van der Waals surface area contributed by atoms with Crippen LogP contribution in [0.25, 0.3) is 16.8 Å². The molecule has 0 spiro atoms. The van der Waals surface area contributed by atoms with E-state index in [0.29, 0.717) is 22.4 Å². The topological polar surface area (TPSA) is 95.7 Å². The van der Waals surface area contributed by atoms with Crippen LogP contribution in [0.2, 0.25) is 12.1 Å². The van der Waals surface area contributed by atoms with Gasteiger partial charge in [-0.15, -0.1) is 10.2 Å². The predicted molar refractivity (Wildman–Crippen MR) is 225 cm³/mol. The molecule has 3 aliphatic carbocycles. The second-order valence-electron chi connectivity index (χ2n) is 16.9. The molecule has 2 bridgehead atoms. The number of rotatable bonds is 7. The molecule has 2 amide bonds. The second kappa shape index (κ2) is 13.7. The molecule has 9 nitrogen and oxygen atoms in total. The minimum absolute atomic E-state index is 0.0596. The summed E-state index contributed by atoms with van der Waals surface area (Å²) >= 11 is 0. The standard InChI is InChI=1S/C47H48N5O4Si/c1-27-10-8-9-11-34(27)45-35-18-16-32(50(3)4)25-39(35)57(7,40-26-33(51(5)6)17-19-36(40)45)38-24-31-23-37(38)46-44(31)28(2)48-49-47(46)30-14-12-29(13-15-30)22-43(55)56-52-41(53)20-21-42(52)54/h8-19,25-26,31,37-38H,20-24H2,1-7H3/q+1/t31?,37?,38-/m0/s1. The minimum atomic E-state index is -2.53. The number of carbonyl (C=O) groups excluding carboxylic acids is 3. The maximum atomic E-state index is 12.7. The van der Waals surface area contributed by atoms with Gasteiger partial charge in [0.1, 0.15) is 22.2 Å². The van der Waals surface area contributed by atoms with Gasteiger partial charge in [-0.3, -0.25) is 9.59 Å². The van der Waals surface area contributed by atoms with Crippen LogP contribution in [0.4, 0.5) is 5.69 Å². The number of aryl methyl sites for hydroxylation is 2. The third-order valence-corrected chi connectivity index (χ3v) is 18.4. The molecule has 1 saturated heterocycles. The number of nitrogens with zero attached hydrogens (tertiary/aromatic N) is 5. The van der Waals surface area contributed by atoms with E-state index in [9.17, 15) is 14.4 Å². The first kappa shape index (κ1) is 36.9. The number of hydrogen-bond acceptors (Lipinski definition) is 7. The lowest BCUT2D eigenvalue weighted by atomic mass is 9.87. The lowest BCUT2D eigenvalue weighted by Crippen LogP contribution is -2.56. The summed E-state index contributed by atoms with van der Waals surface area (Å²) in [6.07, 6.45) is 9.45. The number of fused-ring (bicyclic) bond motifs is 7. The lowest BCUT2D eigenvalue weighted by molar-refractivity contribution is -0.462. The van der Waals surface area contributed by atoms with E-state index in [1.54, 1.807) is 0 Å². The number of aromatic nitrogens is 2. The molecule has 1 aromatic heterocycles. The van der Waals surface area contributed by atoms with Gasteiger partial charge in [-0.2, -0.15) is 5.10 Å². The van der Waals surface area contributed by atoms with Gasteiger partial charge in [0.2, 0.25) is 0 Å². The van der Waals surface area contributed by atoms with Gasteiger partial charge in [0.15, 0.2) is 5.71 Å². The molecular formula is C47H48N5O4Si+. The number of amides is 2. The van der Waals surface area contributed by atoms with Gasteiger partial charge in [0.05, 0.1) is 17.8 Å². The van der Waals surface area contributed by atoms with E-state index in [-0.39, 0.29) is 19.3 Å². The van der Waals surface area contributed by atoms with Crippen molar-refractivity contribution in [3.63, 3.8) is 0 Å². The largest absolute Gasteiger partial charge is 0.378 e. The van der Waals surface area contributed by atoms with Gasteiger partial charge in [-0.1, -0.05) is 61.1 Å². The fourth-order valence-corrected chi connectivity index (χ4v) is 15.8. The fourth-order valence-electron chi connectivity index (χ4n) is 10.4. The van der Waals surface area contributed by atoms with Gasteiger partial charge in [-0.05, 0) is 117 Å². The number of hydrogen-bond donors (Lipinski definition) is 0. The van der Waals surface area contributed by atoms with E-state index < -0.39 is 25.9 Å². The summed E-state index contributed by atoms with van der Waals surface area (Å²) in [7, 11) is 6.02.